The van der Waals surface area contributed by atoms with E-state index in [0.29, 0.717) is 20.7 Å². The smallest absolute Gasteiger partial charge is 0.269 e. The molecule has 0 atom stereocenters. The maximum Gasteiger partial charge on any atom is 0.269 e. The number of rotatable bonds is 3. The quantitative estimate of drug-likeness (QED) is 0.921. The highest BCUT2D eigenvalue weighted by Gasteiger charge is 2.18. The second-order valence-electron chi connectivity index (χ2n) is 4.23. The van der Waals surface area contributed by atoms with E-state index in [9.17, 15) is 9.18 Å². The van der Waals surface area contributed by atoms with E-state index >= 15 is 0 Å². The fourth-order valence-corrected chi connectivity index (χ4v) is 2.59. The van der Waals surface area contributed by atoms with Crippen molar-refractivity contribution in [1.29, 1.82) is 0 Å². The van der Waals surface area contributed by atoms with Gasteiger partial charge in [-0.25, -0.2) is 4.39 Å². The van der Waals surface area contributed by atoms with Gasteiger partial charge in [-0.2, -0.15) is 0 Å². The molecule has 1 N–H and O–H groups in total. The zero-order chi connectivity index (χ0) is 14.0. The van der Waals surface area contributed by atoms with Gasteiger partial charge in [0.2, 0.25) is 0 Å². The van der Waals surface area contributed by atoms with E-state index in [4.69, 9.17) is 0 Å². The fourth-order valence-electron chi connectivity index (χ4n) is 1.49. The Kier molecular flexibility index (Phi) is 4.26. The average molecular weight is 344 g/mol. The fraction of sp³-hybridized carbons (Fsp3) is 0.250. The van der Waals surface area contributed by atoms with Crippen LogP contribution in [0.2, 0.25) is 0 Å². The Morgan fingerprint density at radius 3 is 2.84 bits per heavy atom. The Balaban J connectivity index is 2.21. The number of anilines is 1. The molecule has 100 valence electrons. The predicted molar refractivity (Wildman–Crippen MR) is 76.1 cm³/mol. The summed E-state index contributed by atoms with van der Waals surface area (Å²) in [5.74, 6) is -0.531. The molecule has 0 fully saturated rings. The average Bonchev–Trinajstić information content (AvgIpc) is 2.83. The van der Waals surface area contributed by atoms with E-state index in [0.717, 1.165) is 11.5 Å². The van der Waals surface area contributed by atoms with E-state index in [-0.39, 0.29) is 17.6 Å². The van der Waals surface area contributed by atoms with Crippen molar-refractivity contribution in [3.8, 4) is 0 Å². The summed E-state index contributed by atoms with van der Waals surface area (Å²) < 4.78 is 17.2. The van der Waals surface area contributed by atoms with E-state index in [1.165, 1.54) is 18.2 Å². The van der Waals surface area contributed by atoms with Crippen molar-refractivity contribution in [2.45, 2.75) is 19.8 Å². The molecule has 4 nitrogen and oxygen atoms in total. The van der Waals surface area contributed by atoms with Gasteiger partial charge in [-0.3, -0.25) is 4.79 Å². The van der Waals surface area contributed by atoms with Gasteiger partial charge >= 0.3 is 0 Å². The zero-order valence-corrected chi connectivity index (χ0v) is 12.7. The summed E-state index contributed by atoms with van der Waals surface area (Å²) in [6.45, 7) is 3.89. The first-order valence-electron chi connectivity index (χ1n) is 5.57. The first kappa shape index (κ1) is 14.1. The lowest BCUT2D eigenvalue weighted by atomic mass is 10.1. The van der Waals surface area contributed by atoms with Crippen LogP contribution < -0.4 is 5.32 Å². The number of hydrogen-bond acceptors (Lipinski definition) is 4. The van der Waals surface area contributed by atoms with Crippen molar-refractivity contribution < 1.29 is 9.18 Å². The molecule has 1 aromatic heterocycles. The Morgan fingerprint density at radius 1 is 1.47 bits per heavy atom. The number of carbonyl (C=O) groups excluding carboxylic acids is 1. The summed E-state index contributed by atoms with van der Waals surface area (Å²) >= 11 is 4.13. The topological polar surface area (TPSA) is 54.9 Å². The van der Waals surface area contributed by atoms with Crippen LogP contribution in [-0.4, -0.2) is 15.5 Å². The molecule has 0 saturated heterocycles. The Hall–Kier alpha value is -1.34. The standard InChI is InChI=1S/C12H11BrFN3OS/c1-6(2)10-11(19-17-16-10)12(18)15-7-3-4-9(14)8(13)5-7/h3-6H,1-2H3,(H,15,18). The molecule has 2 rings (SSSR count). The highest BCUT2D eigenvalue weighted by atomic mass is 79.9. The number of nitrogens with one attached hydrogen (secondary N) is 1. The summed E-state index contributed by atoms with van der Waals surface area (Å²) in [6.07, 6.45) is 0. The molecule has 7 heteroatoms. The minimum absolute atomic E-state index is 0.124. The molecule has 1 heterocycles. The minimum Gasteiger partial charge on any atom is -0.321 e. The number of carbonyl (C=O) groups is 1. The van der Waals surface area contributed by atoms with Crippen LogP contribution in [0.15, 0.2) is 22.7 Å². The highest BCUT2D eigenvalue weighted by molar-refractivity contribution is 9.10. The minimum atomic E-state index is -0.375. The second-order valence-corrected chi connectivity index (χ2v) is 5.83. The Morgan fingerprint density at radius 2 is 2.21 bits per heavy atom. The van der Waals surface area contributed by atoms with Crippen LogP contribution in [0.1, 0.15) is 35.1 Å². The van der Waals surface area contributed by atoms with Gasteiger partial charge in [0.05, 0.1) is 10.2 Å². The Bertz CT molecular complexity index is 615. The summed E-state index contributed by atoms with van der Waals surface area (Å²) in [6, 6.07) is 4.30. The molecule has 0 saturated carbocycles. The summed E-state index contributed by atoms with van der Waals surface area (Å²) in [5.41, 5.74) is 1.19. The number of aromatic nitrogens is 2. The normalized spacial score (nSPS) is 10.8. The van der Waals surface area contributed by atoms with Gasteiger partial charge in [-0.15, -0.1) is 5.10 Å². The van der Waals surface area contributed by atoms with Crippen LogP contribution in [0.3, 0.4) is 0 Å². The van der Waals surface area contributed by atoms with Gasteiger partial charge < -0.3 is 5.32 Å². The van der Waals surface area contributed by atoms with Gasteiger partial charge in [-0.05, 0) is 51.6 Å². The van der Waals surface area contributed by atoms with Crippen molar-refractivity contribution >= 4 is 39.1 Å². The van der Waals surface area contributed by atoms with Crippen LogP contribution in [0.25, 0.3) is 0 Å². The van der Waals surface area contributed by atoms with E-state index in [1.54, 1.807) is 0 Å². The molecule has 1 aromatic carbocycles. The van der Waals surface area contributed by atoms with Gasteiger partial charge in [0, 0.05) is 5.69 Å². The molecule has 0 bridgehead atoms. The lowest BCUT2D eigenvalue weighted by Gasteiger charge is -2.06. The number of benzene rings is 1. The predicted octanol–water partition coefficient (Wildman–Crippen LogP) is 3.82. The van der Waals surface area contributed by atoms with Crippen molar-refractivity contribution in [3.63, 3.8) is 0 Å². The van der Waals surface area contributed by atoms with Gasteiger partial charge in [0.1, 0.15) is 10.7 Å². The van der Waals surface area contributed by atoms with Crippen molar-refractivity contribution in [1.82, 2.24) is 9.59 Å². The monoisotopic (exact) mass is 343 g/mol. The summed E-state index contributed by atoms with van der Waals surface area (Å²) in [7, 11) is 0. The molecule has 2 aromatic rings. The van der Waals surface area contributed by atoms with Gasteiger partial charge in [-0.1, -0.05) is 18.3 Å². The number of nitrogens with zero attached hydrogens (tertiary/aromatic N) is 2. The lowest BCUT2D eigenvalue weighted by Crippen LogP contribution is -2.13. The maximum absolute atomic E-state index is 13.1. The summed E-state index contributed by atoms with van der Waals surface area (Å²) in [5, 5.41) is 6.65. The third-order valence-electron chi connectivity index (χ3n) is 2.44. The molecule has 1 amide bonds. The molecule has 0 aliphatic heterocycles. The third kappa shape index (κ3) is 3.16. The van der Waals surface area contributed by atoms with Gasteiger partial charge in [0.25, 0.3) is 5.91 Å². The van der Waals surface area contributed by atoms with Crippen LogP contribution in [-0.2, 0) is 0 Å². The highest BCUT2D eigenvalue weighted by Crippen LogP contribution is 2.23. The number of hydrogen-bond donors (Lipinski definition) is 1. The largest absolute Gasteiger partial charge is 0.321 e. The van der Waals surface area contributed by atoms with Crippen LogP contribution >= 0.6 is 27.5 Å². The number of amides is 1. The van der Waals surface area contributed by atoms with Crippen molar-refractivity contribution in [2.24, 2.45) is 0 Å². The summed E-state index contributed by atoms with van der Waals surface area (Å²) in [4.78, 5) is 12.6. The van der Waals surface area contributed by atoms with Crippen molar-refractivity contribution in [3.05, 3.63) is 39.1 Å². The molecular weight excluding hydrogens is 333 g/mol. The molecule has 0 unspecified atom stereocenters. The SMILES string of the molecule is CC(C)c1nnsc1C(=O)Nc1ccc(F)c(Br)c1. The number of halogens is 2. The second kappa shape index (κ2) is 5.75. The van der Waals surface area contributed by atoms with Crippen molar-refractivity contribution in [2.75, 3.05) is 5.32 Å². The van der Waals surface area contributed by atoms with Crippen LogP contribution in [0.5, 0.6) is 0 Å². The molecular formula is C12H11BrFN3OS. The lowest BCUT2D eigenvalue weighted by molar-refractivity contribution is 0.102. The molecule has 19 heavy (non-hydrogen) atoms. The third-order valence-corrected chi connectivity index (χ3v) is 3.79. The molecule has 0 aliphatic carbocycles. The first-order valence-corrected chi connectivity index (χ1v) is 7.14. The molecule has 0 aliphatic rings. The molecule has 0 radical (unpaired) electrons. The molecule has 0 spiro atoms. The van der Waals surface area contributed by atoms with E-state index in [1.807, 2.05) is 13.8 Å². The van der Waals surface area contributed by atoms with E-state index in [2.05, 4.69) is 30.8 Å². The van der Waals surface area contributed by atoms with Crippen LogP contribution in [0.4, 0.5) is 10.1 Å². The Labute approximate surface area is 122 Å². The van der Waals surface area contributed by atoms with Crippen LogP contribution in [0, 0.1) is 5.82 Å². The maximum atomic E-state index is 13.1. The first-order chi connectivity index (χ1) is 8.99. The van der Waals surface area contributed by atoms with Gasteiger partial charge in [0.15, 0.2) is 0 Å². The van der Waals surface area contributed by atoms with E-state index < -0.39 is 0 Å². The zero-order valence-electron chi connectivity index (χ0n) is 10.3.